The first-order chi connectivity index (χ1) is 12.0. The molecule has 1 aliphatic rings. The highest BCUT2D eigenvalue weighted by Gasteiger charge is 2.15. The van der Waals surface area contributed by atoms with Gasteiger partial charge in [-0.3, -0.25) is 4.90 Å². The fourth-order valence-corrected chi connectivity index (χ4v) is 4.29. The van der Waals surface area contributed by atoms with E-state index in [9.17, 15) is 8.42 Å². The molecule has 6 heteroatoms. The summed E-state index contributed by atoms with van der Waals surface area (Å²) in [6.45, 7) is 5.54. The molecule has 0 unspecified atom stereocenters. The normalized spacial score (nSPS) is 14.5. The van der Waals surface area contributed by atoms with Gasteiger partial charge in [0, 0.05) is 19.6 Å². The van der Waals surface area contributed by atoms with Crippen LogP contribution in [0.2, 0.25) is 0 Å². The molecule has 26 heavy (non-hydrogen) atoms. The molecular formula is C20H27ClN2O2S. The first kappa shape index (κ1) is 20.9. The second-order valence-corrected chi connectivity index (χ2v) is 8.48. The van der Waals surface area contributed by atoms with Gasteiger partial charge in [0.1, 0.15) is 0 Å². The van der Waals surface area contributed by atoms with Crippen molar-refractivity contribution in [3.05, 3.63) is 65.2 Å². The zero-order valence-corrected chi connectivity index (χ0v) is 16.8. The molecule has 0 bridgehead atoms. The monoisotopic (exact) mass is 394 g/mol. The smallest absolute Gasteiger partial charge is 0.240 e. The molecular weight excluding hydrogens is 368 g/mol. The number of rotatable bonds is 7. The van der Waals surface area contributed by atoms with E-state index in [0.717, 1.165) is 44.5 Å². The fourth-order valence-electron chi connectivity index (χ4n) is 3.21. The van der Waals surface area contributed by atoms with Crippen LogP contribution >= 0.6 is 12.4 Å². The summed E-state index contributed by atoms with van der Waals surface area (Å²) in [5, 5.41) is 0. The fraction of sp³-hybridized carbons (Fsp3) is 0.400. The molecule has 0 fully saturated rings. The van der Waals surface area contributed by atoms with E-state index in [1.165, 1.54) is 11.1 Å². The van der Waals surface area contributed by atoms with E-state index >= 15 is 0 Å². The van der Waals surface area contributed by atoms with Crippen molar-refractivity contribution in [3.63, 3.8) is 0 Å². The molecule has 1 heterocycles. The molecule has 1 N–H and O–H groups in total. The largest absolute Gasteiger partial charge is 0.299 e. The highest BCUT2D eigenvalue weighted by Crippen LogP contribution is 2.18. The van der Waals surface area contributed by atoms with E-state index in [1.807, 2.05) is 19.1 Å². The molecule has 0 spiro atoms. The van der Waals surface area contributed by atoms with Crippen LogP contribution in [0.1, 0.15) is 29.5 Å². The van der Waals surface area contributed by atoms with Crippen molar-refractivity contribution in [1.29, 1.82) is 0 Å². The number of sulfonamides is 1. The molecule has 0 saturated heterocycles. The molecule has 2 aromatic rings. The van der Waals surface area contributed by atoms with Gasteiger partial charge in [-0.25, -0.2) is 13.1 Å². The molecule has 3 rings (SSSR count). The number of benzene rings is 2. The van der Waals surface area contributed by atoms with E-state index in [2.05, 4.69) is 33.9 Å². The maximum atomic E-state index is 12.2. The van der Waals surface area contributed by atoms with Gasteiger partial charge in [0.25, 0.3) is 0 Å². The Hall–Kier alpha value is -1.40. The van der Waals surface area contributed by atoms with Gasteiger partial charge in [0.15, 0.2) is 0 Å². The quantitative estimate of drug-likeness (QED) is 0.731. The van der Waals surface area contributed by atoms with Crippen LogP contribution in [0, 0.1) is 6.92 Å². The first-order valence-corrected chi connectivity index (χ1v) is 10.4. The van der Waals surface area contributed by atoms with Crippen molar-refractivity contribution < 1.29 is 8.42 Å². The van der Waals surface area contributed by atoms with Crippen LogP contribution < -0.4 is 4.72 Å². The number of hydrogen-bond donors (Lipinski definition) is 1. The highest BCUT2D eigenvalue weighted by molar-refractivity contribution is 7.89. The Morgan fingerprint density at radius 1 is 1.00 bits per heavy atom. The minimum atomic E-state index is -3.39. The summed E-state index contributed by atoms with van der Waals surface area (Å²) in [5.41, 5.74) is 3.94. The zero-order valence-electron chi connectivity index (χ0n) is 15.1. The molecule has 0 amide bonds. The Bertz CT molecular complexity index is 807. The first-order valence-electron chi connectivity index (χ1n) is 8.90. The molecule has 0 radical (unpaired) electrons. The highest BCUT2D eigenvalue weighted by atomic mass is 35.5. The molecule has 2 aromatic carbocycles. The van der Waals surface area contributed by atoms with E-state index < -0.39 is 10.0 Å². The summed E-state index contributed by atoms with van der Waals surface area (Å²) in [7, 11) is -3.39. The van der Waals surface area contributed by atoms with Gasteiger partial charge in [-0.15, -0.1) is 12.4 Å². The van der Waals surface area contributed by atoms with E-state index in [1.54, 1.807) is 12.1 Å². The lowest BCUT2D eigenvalue weighted by Gasteiger charge is -2.28. The van der Waals surface area contributed by atoms with Gasteiger partial charge < -0.3 is 0 Å². The van der Waals surface area contributed by atoms with Crippen LogP contribution in [0.3, 0.4) is 0 Å². The maximum absolute atomic E-state index is 12.2. The van der Waals surface area contributed by atoms with Crippen molar-refractivity contribution in [2.24, 2.45) is 0 Å². The molecule has 0 aliphatic carbocycles. The summed E-state index contributed by atoms with van der Waals surface area (Å²) < 4.78 is 27.1. The average molecular weight is 395 g/mol. The van der Waals surface area contributed by atoms with Gasteiger partial charge >= 0.3 is 0 Å². The molecule has 0 atom stereocenters. The van der Waals surface area contributed by atoms with Crippen LogP contribution in [0.5, 0.6) is 0 Å². The summed E-state index contributed by atoms with van der Waals surface area (Å²) in [6.07, 6.45) is 2.96. The second kappa shape index (κ2) is 9.51. The van der Waals surface area contributed by atoms with Crippen LogP contribution in [0.15, 0.2) is 53.4 Å². The lowest BCUT2D eigenvalue weighted by atomic mass is 10.00. The van der Waals surface area contributed by atoms with Gasteiger partial charge in [-0.2, -0.15) is 0 Å². The minimum absolute atomic E-state index is 0. The summed E-state index contributed by atoms with van der Waals surface area (Å²) in [4.78, 5) is 2.79. The maximum Gasteiger partial charge on any atom is 0.240 e. The lowest BCUT2D eigenvalue weighted by Crippen LogP contribution is -2.32. The van der Waals surface area contributed by atoms with Crippen molar-refractivity contribution in [1.82, 2.24) is 9.62 Å². The SMILES string of the molecule is Cc1ccc(S(=O)(=O)NCCCCN2CCc3ccccc3C2)cc1.Cl. The Balaban J connectivity index is 0.00000243. The average Bonchev–Trinajstić information content (AvgIpc) is 2.61. The van der Waals surface area contributed by atoms with E-state index in [-0.39, 0.29) is 12.4 Å². The van der Waals surface area contributed by atoms with Gasteiger partial charge in [-0.1, -0.05) is 42.0 Å². The Kier molecular flexibility index (Phi) is 7.65. The summed E-state index contributed by atoms with van der Waals surface area (Å²) in [6, 6.07) is 15.6. The van der Waals surface area contributed by atoms with Crippen LogP contribution in [0.25, 0.3) is 0 Å². The number of nitrogens with one attached hydrogen (secondary N) is 1. The van der Waals surface area contributed by atoms with Crippen LogP contribution in [0.4, 0.5) is 0 Å². The number of nitrogens with zero attached hydrogens (tertiary/aromatic N) is 1. The third-order valence-electron chi connectivity index (χ3n) is 4.73. The van der Waals surface area contributed by atoms with Crippen molar-refractivity contribution in [2.45, 2.75) is 37.6 Å². The minimum Gasteiger partial charge on any atom is -0.299 e. The van der Waals surface area contributed by atoms with Gasteiger partial charge in [0.2, 0.25) is 10.0 Å². The molecule has 142 valence electrons. The molecule has 4 nitrogen and oxygen atoms in total. The Morgan fingerprint density at radius 3 is 2.42 bits per heavy atom. The topological polar surface area (TPSA) is 49.4 Å². The van der Waals surface area contributed by atoms with E-state index in [0.29, 0.717) is 11.4 Å². The number of unbranched alkanes of at least 4 members (excludes halogenated alkanes) is 1. The number of fused-ring (bicyclic) bond motifs is 1. The standard InChI is InChI=1S/C20H26N2O2S.ClH/c1-17-8-10-20(11-9-17)25(23,24)21-13-4-5-14-22-15-12-18-6-2-3-7-19(18)16-22;/h2-3,6-11,21H,4-5,12-16H2,1H3;1H. The Labute approximate surface area is 163 Å². The Morgan fingerprint density at radius 2 is 1.69 bits per heavy atom. The third kappa shape index (κ3) is 5.55. The number of aryl methyl sites for hydroxylation is 1. The van der Waals surface area contributed by atoms with Crippen molar-refractivity contribution in [3.8, 4) is 0 Å². The van der Waals surface area contributed by atoms with Crippen LogP contribution in [-0.2, 0) is 23.0 Å². The van der Waals surface area contributed by atoms with Gasteiger partial charge in [0.05, 0.1) is 4.90 Å². The molecule has 0 saturated carbocycles. The predicted octanol–water partition coefficient (Wildman–Crippen LogP) is 3.53. The predicted molar refractivity (Wildman–Crippen MR) is 108 cm³/mol. The van der Waals surface area contributed by atoms with Crippen LogP contribution in [-0.4, -0.2) is 33.0 Å². The zero-order chi connectivity index (χ0) is 17.7. The summed E-state index contributed by atoms with van der Waals surface area (Å²) >= 11 is 0. The lowest BCUT2D eigenvalue weighted by molar-refractivity contribution is 0.249. The molecule has 1 aliphatic heterocycles. The molecule has 0 aromatic heterocycles. The second-order valence-electron chi connectivity index (χ2n) is 6.71. The number of halogens is 1. The number of hydrogen-bond acceptors (Lipinski definition) is 3. The van der Waals surface area contributed by atoms with Crippen molar-refractivity contribution >= 4 is 22.4 Å². The summed E-state index contributed by atoms with van der Waals surface area (Å²) in [5.74, 6) is 0. The third-order valence-corrected chi connectivity index (χ3v) is 6.21. The van der Waals surface area contributed by atoms with Gasteiger partial charge in [-0.05, 0) is 56.0 Å². The van der Waals surface area contributed by atoms with E-state index in [4.69, 9.17) is 0 Å². The van der Waals surface area contributed by atoms with Crippen molar-refractivity contribution in [2.75, 3.05) is 19.6 Å².